The van der Waals surface area contributed by atoms with E-state index in [4.69, 9.17) is 4.74 Å². The minimum Gasteiger partial charge on any atom is -0.492 e. The molecule has 0 bridgehead atoms. The van der Waals surface area contributed by atoms with E-state index in [1.165, 1.54) is 12.8 Å². The normalized spacial score (nSPS) is 23.7. The number of hydrogen-bond donors (Lipinski definition) is 1. The van der Waals surface area contributed by atoms with Crippen LogP contribution in [0, 0.1) is 11.8 Å². The van der Waals surface area contributed by atoms with Gasteiger partial charge in [-0.25, -0.2) is 0 Å². The predicted molar refractivity (Wildman–Crippen MR) is 69.5 cm³/mol. The number of fused-ring (bicyclic) bond motifs is 1. The fraction of sp³-hybridized carbons (Fsp3) is 0.533. The minimum absolute atomic E-state index is 0.0406. The molecule has 1 aliphatic carbocycles. The molecular weight excluding hydrogens is 226 g/mol. The number of ether oxygens (including phenoxy) is 1. The maximum Gasteiger partial charge on any atom is 0.227 e. The lowest BCUT2D eigenvalue weighted by Gasteiger charge is -2.25. The number of carbonyl (C=O) groups excluding carboxylic acids is 1. The van der Waals surface area contributed by atoms with E-state index in [0.717, 1.165) is 17.7 Å². The monoisotopic (exact) mass is 245 g/mol. The van der Waals surface area contributed by atoms with Crippen LogP contribution in [-0.2, 0) is 11.2 Å². The van der Waals surface area contributed by atoms with Crippen molar-refractivity contribution in [1.82, 2.24) is 5.32 Å². The number of benzene rings is 1. The topological polar surface area (TPSA) is 38.3 Å². The number of nitrogens with one attached hydrogen (secondary N) is 1. The van der Waals surface area contributed by atoms with Crippen LogP contribution in [0.2, 0.25) is 0 Å². The summed E-state index contributed by atoms with van der Waals surface area (Å²) in [5.41, 5.74) is 1.14. The van der Waals surface area contributed by atoms with Crippen LogP contribution in [0.1, 0.15) is 25.3 Å². The molecule has 1 heterocycles. The lowest BCUT2D eigenvalue weighted by molar-refractivity contribution is -0.127. The van der Waals surface area contributed by atoms with Gasteiger partial charge in [-0.05, 0) is 43.7 Å². The SMILES string of the molecule is C[C@@H](NC(=O)[C@H]1COc2ccccc2C1)C1CC1. The van der Waals surface area contributed by atoms with Crippen LogP contribution in [-0.4, -0.2) is 18.6 Å². The van der Waals surface area contributed by atoms with Gasteiger partial charge in [-0.2, -0.15) is 0 Å². The summed E-state index contributed by atoms with van der Waals surface area (Å²) in [6.07, 6.45) is 3.30. The lowest BCUT2D eigenvalue weighted by Crippen LogP contribution is -2.42. The van der Waals surface area contributed by atoms with Gasteiger partial charge in [0.15, 0.2) is 0 Å². The Hall–Kier alpha value is -1.51. The van der Waals surface area contributed by atoms with Gasteiger partial charge in [0.2, 0.25) is 5.91 Å². The van der Waals surface area contributed by atoms with Gasteiger partial charge in [-0.1, -0.05) is 18.2 Å². The van der Waals surface area contributed by atoms with E-state index in [1.807, 2.05) is 24.3 Å². The van der Waals surface area contributed by atoms with Crippen LogP contribution < -0.4 is 10.1 Å². The summed E-state index contributed by atoms with van der Waals surface area (Å²) in [5.74, 6) is 1.73. The van der Waals surface area contributed by atoms with Crippen molar-refractivity contribution in [3.05, 3.63) is 29.8 Å². The molecular formula is C15H19NO2. The van der Waals surface area contributed by atoms with Crippen molar-refractivity contribution < 1.29 is 9.53 Å². The molecule has 0 unspecified atom stereocenters. The number of carbonyl (C=O) groups is 1. The van der Waals surface area contributed by atoms with Crippen LogP contribution in [0.5, 0.6) is 5.75 Å². The third-order valence-electron chi connectivity index (χ3n) is 3.95. The first-order chi connectivity index (χ1) is 8.74. The molecule has 1 amide bonds. The van der Waals surface area contributed by atoms with Gasteiger partial charge in [0.1, 0.15) is 12.4 Å². The quantitative estimate of drug-likeness (QED) is 0.886. The highest BCUT2D eigenvalue weighted by atomic mass is 16.5. The van der Waals surface area contributed by atoms with Crippen molar-refractivity contribution >= 4 is 5.91 Å². The van der Waals surface area contributed by atoms with Gasteiger partial charge in [-0.15, -0.1) is 0 Å². The Bertz CT molecular complexity index is 454. The van der Waals surface area contributed by atoms with E-state index in [1.54, 1.807) is 0 Å². The van der Waals surface area contributed by atoms with Crippen molar-refractivity contribution in [1.29, 1.82) is 0 Å². The van der Waals surface area contributed by atoms with Crippen LogP contribution in [0.4, 0.5) is 0 Å². The summed E-state index contributed by atoms with van der Waals surface area (Å²) in [5, 5.41) is 3.12. The predicted octanol–water partition coefficient (Wildman–Crippen LogP) is 2.15. The van der Waals surface area contributed by atoms with Gasteiger partial charge in [0, 0.05) is 6.04 Å². The highest BCUT2D eigenvalue weighted by Gasteiger charge is 2.32. The van der Waals surface area contributed by atoms with Crippen LogP contribution in [0.25, 0.3) is 0 Å². The van der Waals surface area contributed by atoms with E-state index < -0.39 is 0 Å². The second-order valence-corrected chi connectivity index (χ2v) is 5.45. The van der Waals surface area contributed by atoms with Crippen LogP contribution in [0.3, 0.4) is 0 Å². The summed E-state index contributed by atoms with van der Waals surface area (Å²) in [6, 6.07) is 8.29. The first-order valence-corrected chi connectivity index (χ1v) is 6.75. The van der Waals surface area contributed by atoms with E-state index in [0.29, 0.717) is 18.6 Å². The van der Waals surface area contributed by atoms with Gasteiger partial charge in [0.05, 0.1) is 5.92 Å². The van der Waals surface area contributed by atoms with Gasteiger partial charge < -0.3 is 10.1 Å². The minimum atomic E-state index is -0.0406. The molecule has 2 atom stereocenters. The fourth-order valence-corrected chi connectivity index (χ4v) is 2.55. The zero-order chi connectivity index (χ0) is 12.5. The van der Waals surface area contributed by atoms with E-state index in [2.05, 4.69) is 12.2 Å². The first-order valence-electron chi connectivity index (χ1n) is 6.75. The molecule has 0 spiro atoms. The largest absolute Gasteiger partial charge is 0.492 e. The number of para-hydroxylation sites is 1. The molecule has 3 nitrogen and oxygen atoms in total. The van der Waals surface area contributed by atoms with Gasteiger partial charge in [-0.3, -0.25) is 4.79 Å². The zero-order valence-corrected chi connectivity index (χ0v) is 10.7. The highest BCUT2D eigenvalue weighted by Crippen LogP contribution is 2.33. The number of rotatable bonds is 3. The van der Waals surface area contributed by atoms with Gasteiger partial charge in [0.25, 0.3) is 0 Å². The van der Waals surface area contributed by atoms with Gasteiger partial charge >= 0.3 is 0 Å². The molecule has 1 N–H and O–H groups in total. The summed E-state index contributed by atoms with van der Waals surface area (Å²) in [7, 11) is 0. The third-order valence-corrected chi connectivity index (χ3v) is 3.95. The van der Waals surface area contributed by atoms with Crippen LogP contribution >= 0.6 is 0 Å². The summed E-state index contributed by atoms with van der Waals surface area (Å²) in [6.45, 7) is 2.60. The second-order valence-electron chi connectivity index (χ2n) is 5.45. The molecule has 1 fully saturated rings. The second kappa shape index (κ2) is 4.63. The van der Waals surface area contributed by atoms with Crippen molar-refractivity contribution in [2.75, 3.05) is 6.61 Å². The Balaban J connectivity index is 1.62. The summed E-state index contributed by atoms with van der Waals surface area (Å²) in [4.78, 5) is 12.2. The Kier molecular flexibility index (Phi) is 2.98. The maximum absolute atomic E-state index is 12.2. The molecule has 1 aliphatic heterocycles. The molecule has 18 heavy (non-hydrogen) atoms. The Morgan fingerprint density at radius 1 is 1.39 bits per heavy atom. The molecule has 96 valence electrons. The molecule has 0 radical (unpaired) electrons. The van der Waals surface area contributed by atoms with Crippen molar-refractivity contribution in [3.63, 3.8) is 0 Å². The van der Waals surface area contributed by atoms with Crippen molar-refractivity contribution in [2.45, 2.75) is 32.2 Å². The Labute approximate surface area is 108 Å². The lowest BCUT2D eigenvalue weighted by atomic mass is 9.95. The van der Waals surface area contributed by atoms with Crippen molar-refractivity contribution in [2.24, 2.45) is 11.8 Å². The summed E-state index contributed by atoms with van der Waals surface area (Å²) < 4.78 is 5.65. The molecule has 3 rings (SSSR count). The highest BCUT2D eigenvalue weighted by molar-refractivity contribution is 5.80. The summed E-state index contributed by atoms with van der Waals surface area (Å²) >= 11 is 0. The van der Waals surface area contributed by atoms with Crippen LogP contribution in [0.15, 0.2) is 24.3 Å². The maximum atomic E-state index is 12.2. The van der Waals surface area contributed by atoms with E-state index in [9.17, 15) is 4.79 Å². The number of amides is 1. The molecule has 3 heteroatoms. The van der Waals surface area contributed by atoms with Crippen molar-refractivity contribution in [3.8, 4) is 5.75 Å². The zero-order valence-electron chi connectivity index (χ0n) is 10.7. The third kappa shape index (κ3) is 2.35. The standard InChI is InChI=1S/C15H19NO2/c1-10(11-6-7-11)16-15(17)13-8-12-4-2-3-5-14(12)18-9-13/h2-5,10-11,13H,6-9H2,1H3,(H,16,17)/t10-,13-/m1/s1. The van der Waals surface area contributed by atoms with E-state index >= 15 is 0 Å². The molecule has 1 saturated carbocycles. The molecule has 1 aromatic rings. The molecule has 0 saturated heterocycles. The average Bonchev–Trinajstić information content (AvgIpc) is 3.22. The molecule has 1 aromatic carbocycles. The average molecular weight is 245 g/mol. The Morgan fingerprint density at radius 3 is 2.94 bits per heavy atom. The Morgan fingerprint density at radius 2 is 2.17 bits per heavy atom. The smallest absolute Gasteiger partial charge is 0.227 e. The fourth-order valence-electron chi connectivity index (χ4n) is 2.55. The first kappa shape index (κ1) is 11.6. The number of hydrogen-bond acceptors (Lipinski definition) is 2. The van der Waals surface area contributed by atoms with E-state index in [-0.39, 0.29) is 11.8 Å². The molecule has 0 aromatic heterocycles. The molecule has 2 aliphatic rings.